The number of carbonyl (C=O) groups excluding carboxylic acids is 2. The van der Waals surface area contributed by atoms with Crippen molar-refractivity contribution < 1.29 is 19.4 Å². The highest BCUT2D eigenvalue weighted by Gasteiger charge is 2.31. The maximum Gasteiger partial charge on any atom is 0.254 e. The van der Waals surface area contributed by atoms with Gasteiger partial charge in [0.05, 0.1) is 27.3 Å². The molecule has 1 fully saturated rings. The Kier molecular flexibility index (Phi) is 7.67. The van der Waals surface area contributed by atoms with Gasteiger partial charge in [-0.2, -0.15) is 0 Å². The van der Waals surface area contributed by atoms with Crippen LogP contribution in [-0.4, -0.2) is 36.6 Å². The molecule has 5 nitrogen and oxygen atoms in total. The number of aliphatic hydroxyl groups is 1. The van der Waals surface area contributed by atoms with E-state index in [0.29, 0.717) is 38.8 Å². The van der Waals surface area contributed by atoms with Gasteiger partial charge in [0.1, 0.15) is 6.29 Å². The van der Waals surface area contributed by atoms with E-state index in [1.165, 1.54) is 0 Å². The monoisotopic (exact) mass is 447 g/mol. The molecule has 0 unspecified atom stereocenters. The van der Waals surface area contributed by atoms with Crippen LogP contribution in [-0.2, 0) is 15.1 Å². The third-order valence-corrected chi connectivity index (χ3v) is 5.77. The predicted molar refractivity (Wildman–Crippen MR) is 118 cm³/mol. The Morgan fingerprint density at radius 1 is 1.13 bits per heavy atom. The molecule has 3 rings (SSSR count). The zero-order valence-corrected chi connectivity index (χ0v) is 17.8. The van der Waals surface area contributed by atoms with Crippen LogP contribution < -0.4 is 5.32 Å². The second-order valence-electron chi connectivity index (χ2n) is 7.22. The second kappa shape index (κ2) is 10.2. The Bertz CT molecular complexity index is 901. The zero-order valence-electron chi connectivity index (χ0n) is 16.3. The Morgan fingerprint density at radius 2 is 1.77 bits per heavy atom. The summed E-state index contributed by atoms with van der Waals surface area (Å²) < 4.78 is 5.32. The molecule has 2 aromatic rings. The minimum Gasteiger partial charge on any atom is -0.385 e. The van der Waals surface area contributed by atoms with E-state index in [9.17, 15) is 14.7 Å². The van der Waals surface area contributed by atoms with Crippen LogP contribution in [0.3, 0.4) is 0 Å². The Morgan fingerprint density at radius 3 is 2.37 bits per heavy atom. The van der Waals surface area contributed by atoms with Crippen molar-refractivity contribution in [2.45, 2.75) is 30.9 Å². The normalized spacial score (nSPS) is 16.9. The SMILES string of the molecule is O=C[C@H](C/C=C/c1ccc(C2(O)CCOCC2)cc1)NC(=O)c1c(Cl)cccc1Cl. The van der Waals surface area contributed by atoms with Gasteiger partial charge in [-0.05, 0) is 29.7 Å². The van der Waals surface area contributed by atoms with Crippen LogP contribution in [0.2, 0.25) is 10.0 Å². The summed E-state index contributed by atoms with van der Waals surface area (Å²) in [6.45, 7) is 1.10. The minimum atomic E-state index is -0.840. The summed E-state index contributed by atoms with van der Waals surface area (Å²) in [5, 5.41) is 13.8. The van der Waals surface area contributed by atoms with Crippen LogP contribution in [0.4, 0.5) is 0 Å². The molecular formula is C23H23Cl2NO4. The fraction of sp³-hybridized carbons (Fsp3) is 0.304. The maximum atomic E-state index is 12.4. The molecule has 7 heteroatoms. The minimum absolute atomic E-state index is 0.151. The zero-order chi connectivity index (χ0) is 21.6. The van der Waals surface area contributed by atoms with Gasteiger partial charge in [-0.3, -0.25) is 4.79 Å². The molecule has 2 N–H and O–H groups in total. The molecule has 158 valence electrons. The van der Waals surface area contributed by atoms with E-state index >= 15 is 0 Å². The summed E-state index contributed by atoms with van der Waals surface area (Å²) in [6, 6.07) is 11.7. The maximum absolute atomic E-state index is 12.4. The fourth-order valence-corrected chi connectivity index (χ4v) is 3.93. The van der Waals surface area contributed by atoms with Crippen LogP contribution in [0.1, 0.15) is 40.7 Å². The average molecular weight is 448 g/mol. The largest absolute Gasteiger partial charge is 0.385 e. The van der Waals surface area contributed by atoms with Crippen molar-refractivity contribution in [2.75, 3.05) is 13.2 Å². The molecule has 0 aromatic heterocycles. The number of nitrogens with one attached hydrogen (secondary N) is 1. The van der Waals surface area contributed by atoms with Crippen LogP contribution in [0.25, 0.3) is 6.08 Å². The van der Waals surface area contributed by atoms with Gasteiger partial charge in [-0.1, -0.05) is 65.7 Å². The van der Waals surface area contributed by atoms with Gasteiger partial charge in [-0.25, -0.2) is 0 Å². The van der Waals surface area contributed by atoms with E-state index in [-0.39, 0.29) is 15.6 Å². The van der Waals surface area contributed by atoms with Gasteiger partial charge < -0.3 is 20.0 Å². The molecule has 0 saturated carbocycles. The first-order chi connectivity index (χ1) is 14.4. The van der Waals surface area contributed by atoms with E-state index in [2.05, 4.69) is 5.32 Å². The van der Waals surface area contributed by atoms with Gasteiger partial charge in [0.25, 0.3) is 5.91 Å². The van der Waals surface area contributed by atoms with Crippen LogP contribution in [0, 0.1) is 0 Å². The Balaban J connectivity index is 1.59. The third-order valence-electron chi connectivity index (χ3n) is 5.14. The first kappa shape index (κ1) is 22.5. The highest BCUT2D eigenvalue weighted by Crippen LogP contribution is 2.32. The van der Waals surface area contributed by atoms with Crippen molar-refractivity contribution in [2.24, 2.45) is 0 Å². The van der Waals surface area contributed by atoms with Crippen LogP contribution >= 0.6 is 23.2 Å². The number of benzene rings is 2. The van der Waals surface area contributed by atoms with Crippen molar-refractivity contribution in [1.82, 2.24) is 5.32 Å². The first-order valence-electron chi connectivity index (χ1n) is 9.70. The van der Waals surface area contributed by atoms with Gasteiger partial charge in [0.2, 0.25) is 0 Å². The van der Waals surface area contributed by atoms with Gasteiger partial charge in [-0.15, -0.1) is 0 Å². The predicted octanol–water partition coefficient (Wildman–Crippen LogP) is 4.39. The summed E-state index contributed by atoms with van der Waals surface area (Å²) in [7, 11) is 0. The fourth-order valence-electron chi connectivity index (χ4n) is 3.36. The highest BCUT2D eigenvalue weighted by molar-refractivity contribution is 6.39. The van der Waals surface area contributed by atoms with Crippen molar-refractivity contribution in [3.8, 4) is 0 Å². The van der Waals surface area contributed by atoms with E-state index in [0.717, 1.165) is 11.1 Å². The van der Waals surface area contributed by atoms with Crippen LogP contribution in [0.15, 0.2) is 48.5 Å². The summed E-state index contributed by atoms with van der Waals surface area (Å²) in [5.74, 6) is -0.495. The first-order valence-corrected chi connectivity index (χ1v) is 10.5. The topological polar surface area (TPSA) is 75.6 Å². The molecule has 1 aliphatic rings. The van der Waals surface area contributed by atoms with Crippen molar-refractivity contribution in [3.05, 3.63) is 75.3 Å². The van der Waals surface area contributed by atoms with Gasteiger partial charge in [0, 0.05) is 26.1 Å². The lowest BCUT2D eigenvalue weighted by atomic mass is 9.86. The molecular weight excluding hydrogens is 425 g/mol. The number of rotatable bonds is 7. The summed E-state index contributed by atoms with van der Waals surface area (Å²) in [5.41, 5.74) is 1.11. The quantitative estimate of drug-likeness (QED) is 0.616. The standard InChI is InChI=1S/C23H23Cl2NO4/c24-19-5-2-6-20(25)21(19)22(28)26-18(15-27)4-1-3-16-7-9-17(10-8-16)23(29)11-13-30-14-12-23/h1-3,5-10,15,18,29H,4,11-14H2,(H,26,28)/b3-1+/t18-/m0/s1. The van der Waals surface area contributed by atoms with Crippen molar-refractivity contribution in [3.63, 3.8) is 0 Å². The molecule has 0 radical (unpaired) electrons. The number of amides is 1. The molecule has 1 atom stereocenters. The second-order valence-corrected chi connectivity index (χ2v) is 8.03. The molecule has 1 saturated heterocycles. The molecule has 2 aromatic carbocycles. The third kappa shape index (κ3) is 5.49. The Hall–Kier alpha value is -2.18. The number of hydrogen-bond donors (Lipinski definition) is 2. The molecule has 0 spiro atoms. The highest BCUT2D eigenvalue weighted by atomic mass is 35.5. The lowest BCUT2D eigenvalue weighted by molar-refractivity contribution is -0.109. The summed E-state index contributed by atoms with van der Waals surface area (Å²) in [4.78, 5) is 23.8. The van der Waals surface area contributed by atoms with E-state index in [4.69, 9.17) is 27.9 Å². The number of hydrogen-bond acceptors (Lipinski definition) is 4. The molecule has 30 heavy (non-hydrogen) atoms. The lowest BCUT2D eigenvalue weighted by Gasteiger charge is -2.32. The van der Waals surface area contributed by atoms with Gasteiger partial charge >= 0.3 is 0 Å². The number of ether oxygens (including phenoxy) is 1. The smallest absolute Gasteiger partial charge is 0.254 e. The van der Waals surface area contributed by atoms with Crippen LogP contribution in [0.5, 0.6) is 0 Å². The van der Waals surface area contributed by atoms with Gasteiger partial charge in [0.15, 0.2) is 0 Å². The number of aldehydes is 1. The number of halogens is 2. The Labute approximate surface area is 185 Å². The molecule has 1 amide bonds. The summed E-state index contributed by atoms with van der Waals surface area (Å²) >= 11 is 12.1. The van der Waals surface area contributed by atoms with Crippen molar-refractivity contribution in [1.29, 1.82) is 0 Å². The molecule has 0 aliphatic carbocycles. The summed E-state index contributed by atoms with van der Waals surface area (Å²) in [6.07, 6.45) is 5.84. The molecule has 0 bridgehead atoms. The van der Waals surface area contributed by atoms with E-state index in [1.807, 2.05) is 36.4 Å². The average Bonchev–Trinajstić information content (AvgIpc) is 2.74. The molecule has 1 heterocycles. The van der Waals surface area contributed by atoms with E-state index < -0.39 is 17.6 Å². The van der Waals surface area contributed by atoms with Crippen molar-refractivity contribution >= 4 is 41.5 Å². The molecule has 1 aliphatic heterocycles. The number of carbonyl (C=O) groups is 2. The lowest BCUT2D eigenvalue weighted by Crippen LogP contribution is -2.35. The van der Waals surface area contributed by atoms with E-state index in [1.54, 1.807) is 18.2 Å².